The predicted molar refractivity (Wildman–Crippen MR) is 124 cm³/mol. The summed E-state index contributed by atoms with van der Waals surface area (Å²) in [6.45, 7) is 7.73. The molecular formula is C23H30N2O6S2. The summed E-state index contributed by atoms with van der Waals surface area (Å²) in [7, 11) is -7.82. The van der Waals surface area contributed by atoms with Crippen LogP contribution in [0.15, 0.2) is 63.2 Å². The number of benzene rings is 2. The zero-order valence-corrected chi connectivity index (χ0v) is 20.9. The van der Waals surface area contributed by atoms with Crippen LogP contribution < -0.4 is 4.72 Å². The quantitative estimate of drug-likeness (QED) is 0.681. The third-order valence-corrected chi connectivity index (χ3v) is 8.71. The number of piperidine rings is 1. The topological polar surface area (TPSA) is 110 Å². The Bertz CT molecular complexity index is 1210. The fourth-order valence-electron chi connectivity index (χ4n) is 3.56. The van der Waals surface area contributed by atoms with Crippen molar-refractivity contribution in [1.29, 1.82) is 0 Å². The van der Waals surface area contributed by atoms with Crippen molar-refractivity contribution in [3.05, 3.63) is 54.1 Å². The number of aryl methyl sites for hydroxylation is 1. The number of likely N-dealkylation sites (tertiary alicyclic amines) is 1. The van der Waals surface area contributed by atoms with Crippen LogP contribution in [0.4, 0.5) is 4.79 Å². The molecule has 0 radical (unpaired) electrons. The first-order chi connectivity index (χ1) is 15.3. The molecule has 1 N–H and O–H groups in total. The second-order valence-corrected chi connectivity index (χ2v) is 12.7. The van der Waals surface area contributed by atoms with E-state index in [2.05, 4.69) is 4.72 Å². The lowest BCUT2D eigenvalue weighted by Gasteiger charge is -2.33. The van der Waals surface area contributed by atoms with Crippen molar-refractivity contribution in [2.75, 3.05) is 13.1 Å². The molecule has 1 aliphatic heterocycles. The molecule has 0 aliphatic carbocycles. The minimum absolute atomic E-state index is 0.0749. The van der Waals surface area contributed by atoms with E-state index in [-0.39, 0.29) is 20.7 Å². The van der Waals surface area contributed by atoms with Crippen LogP contribution in [0.3, 0.4) is 0 Å². The fourth-order valence-corrected chi connectivity index (χ4v) is 6.52. The molecule has 3 rings (SSSR count). The van der Waals surface area contributed by atoms with Gasteiger partial charge in [0.2, 0.25) is 19.9 Å². The number of rotatable bonds is 5. The lowest BCUT2D eigenvalue weighted by Crippen LogP contribution is -2.47. The molecular weight excluding hydrogens is 464 g/mol. The number of carbonyl (C=O) groups is 1. The molecule has 0 saturated carbocycles. The van der Waals surface area contributed by atoms with E-state index < -0.39 is 31.6 Å². The minimum atomic E-state index is -3.97. The summed E-state index contributed by atoms with van der Waals surface area (Å²) in [6, 6.07) is 11.6. The van der Waals surface area contributed by atoms with Crippen LogP contribution in [0, 0.1) is 6.92 Å². The van der Waals surface area contributed by atoms with Crippen LogP contribution in [0.5, 0.6) is 0 Å². The number of nitrogens with zero attached hydrogens (tertiary/aromatic N) is 1. The van der Waals surface area contributed by atoms with Crippen LogP contribution in [-0.2, 0) is 24.6 Å². The Kier molecular flexibility index (Phi) is 7.21. The Morgan fingerprint density at radius 2 is 1.58 bits per heavy atom. The number of carbonyl (C=O) groups excluding carboxylic acids is 1. The van der Waals surface area contributed by atoms with Gasteiger partial charge in [0, 0.05) is 19.1 Å². The van der Waals surface area contributed by atoms with E-state index in [4.69, 9.17) is 4.74 Å². The maximum absolute atomic E-state index is 13.1. The smallest absolute Gasteiger partial charge is 0.410 e. The number of sulfonamides is 1. The Balaban J connectivity index is 1.75. The van der Waals surface area contributed by atoms with Crippen molar-refractivity contribution >= 4 is 26.0 Å². The summed E-state index contributed by atoms with van der Waals surface area (Å²) in [4.78, 5) is 13.7. The summed E-state index contributed by atoms with van der Waals surface area (Å²) in [5.74, 6) is 0. The number of hydrogen-bond acceptors (Lipinski definition) is 6. The van der Waals surface area contributed by atoms with Gasteiger partial charge in [0.25, 0.3) is 0 Å². The normalized spacial score (nSPS) is 15.9. The second kappa shape index (κ2) is 9.44. The number of sulfone groups is 1. The Hall–Kier alpha value is -2.43. The summed E-state index contributed by atoms with van der Waals surface area (Å²) in [5, 5.41) is 0. The van der Waals surface area contributed by atoms with Crippen LogP contribution in [0.1, 0.15) is 39.2 Å². The van der Waals surface area contributed by atoms with Crippen molar-refractivity contribution in [3.8, 4) is 0 Å². The minimum Gasteiger partial charge on any atom is -0.444 e. The molecule has 0 bridgehead atoms. The van der Waals surface area contributed by atoms with Gasteiger partial charge in [0.05, 0.1) is 14.7 Å². The summed E-state index contributed by atoms with van der Waals surface area (Å²) in [6.07, 6.45) is 0.442. The lowest BCUT2D eigenvalue weighted by molar-refractivity contribution is 0.0203. The number of amides is 1. The molecule has 10 heteroatoms. The molecule has 33 heavy (non-hydrogen) atoms. The van der Waals surface area contributed by atoms with E-state index in [9.17, 15) is 21.6 Å². The highest BCUT2D eigenvalue weighted by Gasteiger charge is 2.30. The highest BCUT2D eigenvalue weighted by molar-refractivity contribution is 7.91. The van der Waals surface area contributed by atoms with Gasteiger partial charge in [-0.2, -0.15) is 0 Å². The number of hydrogen-bond donors (Lipinski definition) is 1. The molecule has 0 unspecified atom stereocenters. The van der Waals surface area contributed by atoms with Gasteiger partial charge in [-0.3, -0.25) is 0 Å². The third kappa shape index (κ3) is 6.13. The van der Waals surface area contributed by atoms with Crippen LogP contribution in [-0.4, -0.2) is 52.6 Å². The zero-order valence-electron chi connectivity index (χ0n) is 19.2. The first-order valence-corrected chi connectivity index (χ1v) is 13.7. The molecule has 0 spiro atoms. The van der Waals surface area contributed by atoms with Gasteiger partial charge in [0.15, 0.2) is 0 Å². The molecule has 2 aromatic carbocycles. The molecule has 1 saturated heterocycles. The molecule has 1 amide bonds. The largest absolute Gasteiger partial charge is 0.444 e. The Morgan fingerprint density at radius 3 is 2.15 bits per heavy atom. The van der Waals surface area contributed by atoms with Crippen LogP contribution >= 0.6 is 0 Å². The standard InChI is InChI=1S/C23H30N2O6S2/c1-17-10-11-20(32(27,28)19-8-6-5-7-9-19)16-21(17)33(29,30)24-18-12-14-25(15-13-18)22(26)31-23(2,3)4/h5-11,16,18,24H,12-15H2,1-4H3. The van der Waals surface area contributed by atoms with E-state index >= 15 is 0 Å². The molecule has 8 nitrogen and oxygen atoms in total. The first-order valence-electron chi connectivity index (χ1n) is 10.7. The maximum Gasteiger partial charge on any atom is 0.410 e. The molecule has 180 valence electrons. The molecule has 1 heterocycles. The predicted octanol–water partition coefficient (Wildman–Crippen LogP) is 3.51. The molecule has 2 aromatic rings. The Labute approximate surface area is 195 Å². The highest BCUT2D eigenvalue weighted by atomic mass is 32.2. The molecule has 0 atom stereocenters. The maximum atomic E-state index is 13.1. The van der Waals surface area contributed by atoms with Gasteiger partial charge < -0.3 is 9.64 Å². The summed E-state index contributed by atoms with van der Waals surface area (Å²) >= 11 is 0. The molecule has 1 fully saturated rings. The SMILES string of the molecule is Cc1ccc(S(=O)(=O)c2ccccc2)cc1S(=O)(=O)NC1CCN(C(=O)OC(C)(C)C)CC1. The number of ether oxygens (including phenoxy) is 1. The zero-order chi connectivity index (χ0) is 24.4. The summed E-state index contributed by atoms with van der Waals surface area (Å²) in [5.41, 5.74) is -0.154. The van der Waals surface area contributed by atoms with E-state index in [1.54, 1.807) is 50.8 Å². The van der Waals surface area contributed by atoms with Gasteiger partial charge in [-0.05, 0) is 70.4 Å². The van der Waals surface area contributed by atoms with Crippen molar-refractivity contribution in [2.24, 2.45) is 0 Å². The van der Waals surface area contributed by atoms with E-state index in [0.717, 1.165) is 0 Å². The van der Waals surface area contributed by atoms with Gasteiger partial charge in [-0.25, -0.2) is 26.4 Å². The monoisotopic (exact) mass is 494 g/mol. The van der Waals surface area contributed by atoms with E-state index in [0.29, 0.717) is 31.5 Å². The van der Waals surface area contributed by atoms with Crippen LogP contribution in [0.2, 0.25) is 0 Å². The average Bonchev–Trinajstić information content (AvgIpc) is 2.73. The molecule has 0 aromatic heterocycles. The van der Waals surface area contributed by atoms with Gasteiger partial charge in [0.1, 0.15) is 5.60 Å². The van der Waals surface area contributed by atoms with Crippen LogP contribution in [0.25, 0.3) is 0 Å². The van der Waals surface area contributed by atoms with E-state index in [1.807, 2.05) is 0 Å². The fraction of sp³-hybridized carbons (Fsp3) is 0.435. The van der Waals surface area contributed by atoms with E-state index in [1.165, 1.54) is 30.3 Å². The van der Waals surface area contributed by atoms with Crippen molar-refractivity contribution in [3.63, 3.8) is 0 Å². The summed E-state index contributed by atoms with van der Waals surface area (Å²) < 4.78 is 60.2. The first kappa shape index (κ1) is 25.2. The van der Waals surface area contributed by atoms with Gasteiger partial charge in [-0.1, -0.05) is 24.3 Å². The van der Waals surface area contributed by atoms with Gasteiger partial charge >= 0.3 is 6.09 Å². The second-order valence-electron chi connectivity index (χ2n) is 9.11. The third-order valence-electron chi connectivity index (χ3n) is 5.28. The number of nitrogens with one attached hydrogen (secondary N) is 1. The highest BCUT2D eigenvalue weighted by Crippen LogP contribution is 2.26. The molecule has 1 aliphatic rings. The van der Waals surface area contributed by atoms with Crippen molar-refractivity contribution in [1.82, 2.24) is 9.62 Å². The average molecular weight is 495 g/mol. The van der Waals surface area contributed by atoms with Crippen molar-refractivity contribution in [2.45, 2.75) is 66.9 Å². The van der Waals surface area contributed by atoms with Gasteiger partial charge in [-0.15, -0.1) is 0 Å². The van der Waals surface area contributed by atoms with Crippen molar-refractivity contribution < 1.29 is 26.4 Å². The lowest BCUT2D eigenvalue weighted by atomic mass is 10.1. The Morgan fingerprint density at radius 1 is 0.970 bits per heavy atom.